The lowest BCUT2D eigenvalue weighted by Gasteiger charge is -2.29. The summed E-state index contributed by atoms with van der Waals surface area (Å²) < 4.78 is 0. The van der Waals surface area contributed by atoms with E-state index in [1.54, 1.807) is 24.3 Å². The fraction of sp³-hybridized carbons (Fsp3) is 0.222. The van der Waals surface area contributed by atoms with Crippen molar-refractivity contribution in [3.63, 3.8) is 0 Å². The van der Waals surface area contributed by atoms with E-state index in [0.717, 1.165) is 4.90 Å². The number of hydrogen-bond donors (Lipinski definition) is 0. The molecule has 2 heterocycles. The van der Waals surface area contributed by atoms with Crippen LogP contribution in [0.5, 0.6) is 0 Å². The second-order valence-electron chi connectivity index (χ2n) is 6.20. The molecular formula is C18H18N2O4. The summed E-state index contributed by atoms with van der Waals surface area (Å²) in [5.41, 5.74) is 0.208. The van der Waals surface area contributed by atoms with Crippen molar-refractivity contribution >= 4 is 29.3 Å². The molecule has 0 spiro atoms. The SMILES string of the molecule is CC(C)(C)N1C(=O)C=CC1=O.O=C1C=CC(=O)N1c1ccccc1. The number of carbonyl (C=O) groups excluding carboxylic acids is 4. The Hall–Kier alpha value is -3.02. The topological polar surface area (TPSA) is 74.8 Å². The van der Waals surface area contributed by atoms with Crippen LogP contribution in [-0.2, 0) is 19.2 Å². The van der Waals surface area contributed by atoms with Crippen LogP contribution in [0.4, 0.5) is 5.69 Å². The lowest BCUT2D eigenvalue weighted by molar-refractivity contribution is -0.142. The molecule has 24 heavy (non-hydrogen) atoms. The third-order valence-electron chi connectivity index (χ3n) is 3.30. The summed E-state index contributed by atoms with van der Waals surface area (Å²) in [7, 11) is 0. The van der Waals surface area contributed by atoms with Crippen molar-refractivity contribution in [1.29, 1.82) is 0 Å². The van der Waals surface area contributed by atoms with Gasteiger partial charge in [-0.1, -0.05) is 18.2 Å². The third-order valence-corrected chi connectivity index (χ3v) is 3.30. The molecule has 0 bridgehead atoms. The van der Waals surface area contributed by atoms with Gasteiger partial charge >= 0.3 is 0 Å². The van der Waals surface area contributed by atoms with Gasteiger partial charge < -0.3 is 0 Å². The van der Waals surface area contributed by atoms with E-state index >= 15 is 0 Å². The molecule has 0 aromatic heterocycles. The summed E-state index contributed by atoms with van der Waals surface area (Å²) in [4.78, 5) is 46.9. The molecule has 2 aliphatic rings. The van der Waals surface area contributed by atoms with Gasteiger partial charge in [-0.25, -0.2) is 4.90 Å². The summed E-state index contributed by atoms with van der Waals surface area (Å²) in [5, 5.41) is 0. The Morgan fingerprint density at radius 1 is 0.667 bits per heavy atom. The van der Waals surface area contributed by atoms with Crippen LogP contribution in [0.1, 0.15) is 20.8 Å². The van der Waals surface area contributed by atoms with Crippen LogP contribution in [0.3, 0.4) is 0 Å². The van der Waals surface area contributed by atoms with E-state index in [1.807, 2.05) is 26.8 Å². The highest BCUT2D eigenvalue weighted by atomic mass is 16.2. The normalized spacial score (nSPS) is 16.8. The molecule has 0 fully saturated rings. The van der Waals surface area contributed by atoms with Crippen LogP contribution in [0, 0.1) is 0 Å². The van der Waals surface area contributed by atoms with Crippen LogP contribution >= 0.6 is 0 Å². The first-order valence-corrected chi connectivity index (χ1v) is 7.39. The predicted octanol–water partition coefficient (Wildman–Crippen LogP) is 1.83. The summed E-state index contributed by atoms with van der Waals surface area (Å²) in [5.74, 6) is -1.00. The number of benzene rings is 1. The minimum atomic E-state index is -0.405. The zero-order chi connectivity index (χ0) is 17.9. The second-order valence-corrected chi connectivity index (χ2v) is 6.20. The number of para-hydroxylation sites is 1. The zero-order valence-electron chi connectivity index (χ0n) is 13.7. The van der Waals surface area contributed by atoms with Gasteiger partial charge in [-0.15, -0.1) is 0 Å². The number of nitrogens with zero attached hydrogens (tertiary/aromatic N) is 2. The number of carbonyl (C=O) groups is 4. The number of anilines is 1. The van der Waals surface area contributed by atoms with Crippen LogP contribution in [-0.4, -0.2) is 34.1 Å². The van der Waals surface area contributed by atoms with E-state index in [-0.39, 0.29) is 23.6 Å². The van der Waals surface area contributed by atoms with Crippen LogP contribution in [0.25, 0.3) is 0 Å². The Balaban J connectivity index is 0.000000177. The van der Waals surface area contributed by atoms with E-state index in [2.05, 4.69) is 0 Å². The van der Waals surface area contributed by atoms with Gasteiger partial charge in [-0.05, 0) is 32.9 Å². The molecule has 1 aromatic rings. The second kappa shape index (κ2) is 6.62. The summed E-state index contributed by atoms with van der Waals surface area (Å²) in [6.45, 7) is 5.49. The van der Waals surface area contributed by atoms with Gasteiger partial charge in [0.1, 0.15) is 0 Å². The van der Waals surface area contributed by atoms with Crippen molar-refractivity contribution in [3.8, 4) is 0 Å². The number of imide groups is 2. The first-order chi connectivity index (χ1) is 11.2. The molecule has 0 atom stereocenters. The summed E-state index contributed by atoms with van der Waals surface area (Å²) in [6, 6.07) is 8.86. The minimum Gasteiger partial charge on any atom is -0.270 e. The maximum absolute atomic E-state index is 11.2. The Kier molecular flexibility index (Phi) is 4.78. The quantitative estimate of drug-likeness (QED) is 0.738. The Bertz CT molecular complexity index is 706. The number of amides is 4. The van der Waals surface area contributed by atoms with Crippen LogP contribution in [0.15, 0.2) is 54.6 Å². The van der Waals surface area contributed by atoms with E-state index < -0.39 is 5.54 Å². The lowest BCUT2D eigenvalue weighted by atomic mass is 10.1. The van der Waals surface area contributed by atoms with Gasteiger partial charge in [0.2, 0.25) is 0 Å². The number of rotatable bonds is 1. The van der Waals surface area contributed by atoms with Crippen molar-refractivity contribution in [1.82, 2.24) is 4.90 Å². The third kappa shape index (κ3) is 3.65. The number of hydrogen-bond acceptors (Lipinski definition) is 4. The molecule has 0 radical (unpaired) electrons. The largest absolute Gasteiger partial charge is 0.270 e. The molecule has 0 saturated carbocycles. The molecule has 1 aromatic carbocycles. The van der Waals surface area contributed by atoms with Gasteiger partial charge in [-0.2, -0.15) is 0 Å². The maximum Gasteiger partial charge on any atom is 0.258 e. The molecule has 0 saturated heterocycles. The molecule has 124 valence electrons. The van der Waals surface area contributed by atoms with Crippen molar-refractivity contribution in [2.45, 2.75) is 26.3 Å². The van der Waals surface area contributed by atoms with Crippen molar-refractivity contribution < 1.29 is 19.2 Å². The fourth-order valence-corrected chi connectivity index (χ4v) is 2.29. The first-order valence-electron chi connectivity index (χ1n) is 7.39. The molecule has 3 rings (SSSR count). The molecule has 0 unspecified atom stereocenters. The van der Waals surface area contributed by atoms with Gasteiger partial charge in [0.25, 0.3) is 23.6 Å². The Labute approximate surface area is 140 Å². The standard InChI is InChI=1S/C10H7NO2.C8H11NO2/c12-9-6-7-10(13)11(9)8-4-2-1-3-5-8;1-8(2,3)9-6(10)4-5-7(9)11/h1-7H;4-5H,1-3H3. The molecule has 2 aliphatic heterocycles. The molecule has 0 N–H and O–H groups in total. The van der Waals surface area contributed by atoms with E-state index in [9.17, 15) is 19.2 Å². The van der Waals surface area contributed by atoms with E-state index in [1.165, 1.54) is 29.2 Å². The van der Waals surface area contributed by atoms with Crippen molar-refractivity contribution in [3.05, 3.63) is 54.6 Å². The summed E-state index contributed by atoms with van der Waals surface area (Å²) in [6.07, 6.45) is 5.14. The molecule has 6 nitrogen and oxygen atoms in total. The van der Waals surface area contributed by atoms with E-state index in [4.69, 9.17) is 0 Å². The maximum atomic E-state index is 11.2. The highest BCUT2D eigenvalue weighted by Gasteiger charge is 2.33. The molecule has 6 heteroatoms. The highest BCUT2D eigenvalue weighted by molar-refractivity contribution is 6.28. The minimum absolute atomic E-state index is 0.220. The smallest absolute Gasteiger partial charge is 0.258 e. The van der Waals surface area contributed by atoms with Gasteiger partial charge in [0.05, 0.1) is 5.69 Å². The fourth-order valence-electron chi connectivity index (χ4n) is 2.29. The lowest BCUT2D eigenvalue weighted by Crippen LogP contribution is -2.45. The first kappa shape index (κ1) is 17.3. The molecule has 0 aliphatic carbocycles. The molecular weight excluding hydrogens is 308 g/mol. The van der Waals surface area contributed by atoms with Gasteiger partial charge in [0.15, 0.2) is 0 Å². The predicted molar refractivity (Wildman–Crippen MR) is 88.8 cm³/mol. The van der Waals surface area contributed by atoms with Crippen molar-refractivity contribution in [2.24, 2.45) is 0 Å². The average Bonchev–Trinajstić information content (AvgIpc) is 3.02. The average molecular weight is 326 g/mol. The van der Waals surface area contributed by atoms with Crippen molar-refractivity contribution in [2.75, 3.05) is 4.90 Å². The Morgan fingerprint density at radius 3 is 1.46 bits per heavy atom. The molecule has 4 amide bonds. The Morgan fingerprint density at radius 2 is 1.08 bits per heavy atom. The van der Waals surface area contributed by atoms with Gasteiger partial charge in [0, 0.05) is 29.8 Å². The van der Waals surface area contributed by atoms with Crippen LogP contribution < -0.4 is 4.90 Å². The van der Waals surface area contributed by atoms with E-state index in [0.29, 0.717) is 5.69 Å². The zero-order valence-corrected chi connectivity index (χ0v) is 13.7. The summed E-state index contributed by atoms with van der Waals surface area (Å²) >= 11 is 0. The highest BCUT2D eigenvalue weighted by Crippen LogP contribution is 2.18. The monoisotopic (exact) mass is 326 g/mol. The van der Waals surface area contributed by atoms with Crippen LogP contribution in [0.2, 0.25) is 0 Å². The van der Waals surface area contributed by atoms with Gasteiger partial charge in [-0.3, -0.25) is 24.1 Å².